The lowest BCUT2D eigenvalue weighted by atomic mass is 9.88. The molecular formula is C30H39NO5S. The average Bonchev–Trinajstić information content (AvgIpc) is 3.41. The number of carbonyl (C=O) groups is 2. The van der Waals surface area contributed by atoms with E-state index in [1.165, 1.54) is 11.1 Å². The summed E-state index contributed by atoms with van der Waals surface area (Å²) < 4.78 is 17.6. The minimum absolute atomic E-state index is 0.187. The quantitative estimate of drug-likeness (QED) is 0.163. The van der Waals surface area contributed by atoms with Crippen LogP contribution in [0.15, 0.2) is 58.6 Å². The number of furan rings is 1. The molecule has 1 atom stereocenters. The van der Waals surface area contributed by atoms with Gasteiger partial charge in [0.1, 0.15) is 16.8 Å². The van der Waals surface area contributed by atoms with E-state index in [-0.39, 0.29) is 16.6 Å². The molecule has 0 spiro atoms. The maximum absolute atomic E-state index is 11.9. The van der Waals surface area contributed by atoms with E-state index in [4.69, 9.17) is 13.9 Å². The van der Waals surface area contributed by atoms with E-state index in [9.17, 15) is 9.59 Å². The second-order valence-electron chi connectivity index (χ2n) is 10.6. The molecule has 1 aliphatic heterocycles. The number of carbonyl (C=O) groups excluding carboxylic acids is 2. The lowest BCUT2D eigenvalue weighted by Gasteiger charge is -2.17. The van der Waals surface area contributed by atoms with E-state index in [1.54, 1.807) is 6.26 Å². The van der Waals surface area contributed by atoms with Gasteiger partial charge in [-0.15, -0.1) is 0 Å². The molecular weight excluding hydrogens is 486 g/mol. The van der Waals surface area contributed by atoms with Crippen molar-refractivity contribution in [3.05, 3.63) is 70.9 Å². The van der Waals surface area contributed by atoms with Crippen LogP contribution in [0.5, 0.6) is 5.75 Å². The molecule has 1 saturated heterocycles. The van der Waals surface area contributed by atoms with Crippen molar-refractivity contribution in [3.8, 4) is 5.75 Å². The van der Waals surface area contributed by atoms with Gasteiger partial charge in [0.2, 0.25) is 5.91 Å². The normalized spacial score (nSPS) is 16.7. The number of nitrogens with one attached hydrogen (secondary N) is 1. The summed E-state index contributed by atoms with van der Waals surface area (Å²) in [5.41, 5.74) is 4.49. The van der Waals surface area contributed by atoms with Crippen LogP contribution in [-0.4, -0.2) is 24.4 Å². The molecule has 1 aromatic carbocycles. The Morgan fingerprint density at radius 3 is 2.65 bits per heavy atom. The van der Waals surface area contributed by atoms with Gasteiger partial charge in [-0.1, -0.05) is 46.2 Å². The first-order valence-corrected chi connectivity index (χ1v) is 13.8. The number of hydrogen-bond acceptors (Lipinski definition) is 6. The van der Waals surface area contributed by atoms with Gasteiger partial charge in [0.25, 0.3) is 5.24 Å². The predicted octanol–water partition coefficient (Wildman–Crippen LogP) is 7.86. The smallest absolute Gasteiger partial charge is 0.286 e. The number of ether oxygens (including phenoxy) is 2. The molecule has 2 heterocycles. The number of rotatable bonds is 13. The molecule has 1 fully saturated rings. The van der Waals surface area contributed by atoms with Crippen LogP contribution in [-0.2, 0) is 16.0 Å². The summed E-state index contributed by atoms with van der Waals surface area (Å²) in [6.07, 6.45) is 12.5. The van der Waals surface area contributed by atoms with Crippen molar-refractivity contribution in [1.29, 1.82) is 0 Å². The van der Waals surface area contributed by atoms with Gasteiger partial charge in [0.15, 0.2) is 0 Å². The molecule has 7 heteroatoms. The van der Waals surface area contributed by atoms with Crippen LogP contribution >= 0.6 is 11.8 Å². The number of hydrogen-bond donors (Lipinski definition) is 1. The summed E-state index contributed by atoms with van der Waals surface area (Å²) in [6, 6.07) is 7.38. The fourth-order valence-electron chi connectivity index (χ4n) is 4.09. The van der Waals surface area contributed by atoms with Crippen LogP contribution in [0.25, 0.3) is 6.08 Å². The Morgan fingerprint density at radius 1 is 1.16 bits per heavy atom. The molecule has 2 aromatic rings. The lowest BCUT2D eigenvalue weighted by molar-refractivity contribution is -0.119. The van der Waals surface area contributed by atoms with Crippen LogP contribution < -0.4 is 10.1 Å². The molecule has 1 N–H and O–H groups in total. The summed E-state index contributed by atoms with van der Waals surface area (Å²) in [6.45, 7) is 12.1. The van der Waals surface area contributed by atoms with Crippen LogP contribution in [0.1, 0.15) is 82.2 Å². The van der Waals surface area contributed by atoms with Crippen LogP contribution in [0.4, 0.5) is 4.79 Å². The maximum Gasteiger partial charge on any atom is 0.286 e. The molecule has 3 rings (SSSR count). The summed E-state index contributed by atoms with van der Waals surface area (Å²) in [4.78, 5) is 23.4. The molecule has 1 unspecified atom stereocenters. The van der Waals surface area contributed by atoms with Gasteiger partial charge in [-0.2, -0.15) is 0 Å². The highest BCUT2D eigenvalue weighted by atomic mass is 32.2. The fraction of sp³-hybridized carbons (Fsp3) is 0.467. The molecule has 0 radical (unpaired) electrons. The molecule has 0 saturated carbocycles. The zero-order chi connectivity index (χ0) is 26.8. The number of imide groups is 1. The minimum Gasteiger partial charge on any atom is -0.494 e. The number of thioether (sulfide) groups is 1. The highest BCUT2D eigenvalue weighted by molar-refractivity contribution is 8.15. The van der Waals surface area contributed by atoms with Crippen LogP contribution in [0.2, 0.25) is 0 Å². The molecule has 1 aromatic heterocycles. The van der Waals surface area contributed by atoms with E-state index < -0.39 is 5.25 Å². The Hall–Kier alpha value is -2.93. The topological polar surface area (TPSA) is 77.8 Å². The summed E-state index contributed by atoms with van der Waals surface area (Å²) >= 11 is 0.998. The van der Waals surface area contributed by atoms with Gasteiger partial charge >= 0.3 is 0 Å². The summed E-state index contributed by atoms with van der Waals surface area (Å²) in [7, 11) is 0. The second-order valence-corrected chi connectivity index (χ2v) is 11.6. The summed E-state index contributed by atoms with van der Waals surface area (Å²) in [5, 5.41) is 1.50. The van der Waals surface area contributed by atoms with E-state index in [1.807, 2.05) is 30.5 Å². The Bertz CT molecular complexity index is 1120. The number of amides is 2. The maximum atomic E-state index is 11.9. The average molecular weight is 526 g/mol. The Labute approximate surface area is 224 Å². The first-order valence-electron chi connectivity index (χ1n) is 13.0. The zero-order valence-corrected chi connectivity index (χ0v) is 23.4. The Morgan fingerprint density at radius 2 is 1.95 bits per heavy atom. The number of allylic oxidation sites excluding steroid dienone is 2. The second kappa shape index (κ2) is 13.6. The molecule has 1 aliphatic rings. The van der Waals surface area contributed by atoms with Gasteiger partial charge in [-0.25, -0.2) is 0 Å². The van der Waals surface area contributed by atoms with Crippen LogP contribution in [0.3, 0.4) is 0 Å². The number of unbranched alkanes of at least 4 members (excludes halogenated alkanes) is 1. The zero-order valence-electron chi connectivity index (χ0n) is 22.6. The minimum atomic E-state index is -0.513. The highest BCUT2D eigenvalue weighted by Crippen LogP contribution is 2.35. The molecule has 0 aliphatic carbocycles. The van der Waals surface area contributed by atoms with Gasteiger partial charge in [-0.3, -0.25) is 14.9 Å². The highest BCUT2D eigenvalue weighted by Gasteiger charge is 2.33. The van der Waals surface area contributed by atoms with Crippen molar-refractivity contribution >= 4 is 29.0 Å². The third-order valence-electron chi connectivity index (χ3n) is 5.87. The van der Waals surface area contributed by atoms with Crippen molar-refractivity contribution in [2.24, 2.45) is 5.41 Å². The van der Waals surface area contributed by atoms with E-state index >= 15 is 0 Å². The monoisotopic (exact) mass is 525 g/mol. The van der Waals surface area contributed by atoms with Gasteiger partial charge in [0, 0.05) is 5.56 Å². The molecule has 6 nitrogen and oxygen atoms in total. The molecule has 0 bridgehead atoms. The predicted molar refractivity (Wildman–Crippen MR) is 150 cm³/mol. The standard InChI is InChI=1S/C30H39NO5S/c1-6-10-21(2)26(14-13-23-19-34-20-24(23)18-30(3,4)5)36-16-8-7-15-35-25-12-9-11-22(17-25)27-28(32)31-29(33)37-27/h9,11-14,17,19-20,27H,6-8,10,15-16,18H2,1-5H3,(H,31,32,33)/b14-13-,26-21-. The summed E-state index contributed by atoms with van der Waals surface area (Å²) in [5.74, 6) is 1.33. The Balaban J connectivity index is 1.49. The number of benzene rings is 1. The van der Waals surface area contributed by atoms with Crippen molar-refractivity contribution in [3.63, 3.8) is 0 Å². The van der Waals surface area contributed by atoms with Gasteiger partial charge in [0.05, 0.1) is 25.7 Å². The van der Waals surface area contributed by atoms with E-state index in [0.29, 0.717) is 19.0 Å². The third kappa shape index (κ3) is 9.15. The van der Waals surface area contributed by atoms with Crippen molar-refractivity contribution in [2.75, 3.05) is 13.2 Å². The first kappa shape index (κ1) is 28.6. The molecule has 200 valence electrons. The SMILES string of the molecule is CCC/C(C)=C(/C=C\c1cocc1CC(C)(C)C)OCCCCOc1cccc(C2SC(=O)NC2=O)c1. The fourth-order valence-corrected chi connectivity index (χ4v) is 4.91. The lowest BCUT2D eigenvalue weighted by Crippen LogP contribution is -2.20. The van der Waals surface area contributed by atoms with Crippen molar-refractivity contribution in [2.45, 2.75) is 72.0 Å². The van der Waals surface area contributed by atoms with E-state index in [0.717, 1.165) is 60.8 Å². The van der Waals surface area contributed by atoms with Gasteiger partial charge in [-0.05, 0) is 90.8 Å². The van der Waals surface area contributed by atoms with Crippen LogP contribution in [0, 0.1) is 5.41 Å². The van der Waals surface area contributed by atoms with E-state index in [2.05, 4.69) is 52.1 Å². The van der Waals surface area contributed by atoms with Gasteiger partial charge < -0.3 is 13.9 Å². The largest absolute Gasteiger partial charge is 0.494 e. The molecule has 2 amide bonds. The Kier molecular flexibility index (Phi) is 10.5. The first-order chi connectivity index (χ1) is 17.7. The van der Waals surface area contributed by atoms with Crippen molar-refractivity contribution < 1.29 is 23.5 Å². The van der Waals surface area contributed by atoms with Crippen molar-refractivity contribution in [1.82, 2.24) is 5.32 Å². The molecule has 37 heavy (non-hydrogen) atoms. The third-order valence-corrected chi connectivity index (χ3v) is 6.91.